The molecule has 1 aromatic carbocycles. The van der Waals surface area contributed by atoms with E-state index in [1.54, 1.807) is 0 Å². The van der Waals surface area contributed by atoms with Gasteiger partial charge in [0, 0.05) is 6.04 Å². The molecule has 0 unspecified atom stereocenters. The number of carbonyl (C=O) groups excluding carboxylic acids is 1. The Morgan fingerprint density at radius 2 is 2.00 bits per heavy atom. The van der Waals surface area contributed by atoms with Crippen molar-refractivity contribution in [3.63, 3.8) is 0 Å². The van der Waals surface area contributed by atoms with Gasteiger partial charge >= 0.3 is 5.97 Å². The van der Waals surface area contributed by atoms with Crippen molar-refractivity contribution >= 4 is 11.9 Å². The maximum atomic E-state index is 12.2. The predicted molar refractivity (Wildman–Crippen MR) is 71.9 cm³/mol. The van der Waals surface area contributed by atoms with Gasteiger partial charge in [0.1, 0.15) is 6.54 Å². The van der Waals surface area contributed by atoms with Gasteiger partial charge in [-0.2, -0.15) is 0 Å². The number of benzene rings is 1. The maximum Gasteiger partial charge on any atom is 0.323 e. The van der Waals surface area contributed by atoms with Crippen LogP contribution in [0.25, 0.3) is 0 Å². The van der Waals surface area contributed by atoms with E-state index in [4.69, 9.17) is 5.11 Å². The highest BCUT2D eigenvalue weighted by Gasteiger charge is 2.33. The molecule has 1 saturated carbocycles. The highest BCUT2D eigenvalue weighted by atomic mass is 16.4. The first-order chi connectivity index (χ1) is 9.10. The van der Waals surface area contributed by atoms with E-state index in [-0.39, 0.29) is 24.9 Å². The number of hydrogen-bond acceptors (Lipinski definition) is 2. The van der Waals surface area contributed by atoms with Crippen molar-refractivity contribution in [3.05, 3.63) is 35.4 Å². The highest BCUT2D eigenvalue weighted by molar-refractivity contribution is 5.83. The molecule has 0 heterocycles. The van der Waals surface area contributed by atoms with Crippen LogP contribution in [0.15, 0.2) is 24.3 Å². The van der Waals surface area contributed by atoms with Crippen LogP contribution in [-0.2, 0) is 22.4 Å². The summed E-state index contributed by atoms with van der Waals surface area (Å²) in [5, 5.41) is 8.86. The minimum Gasteiger partial charge on any atom is -0.480 e. The Kier molecular flexibility index (Phi) is 4.20. The molecule has 0 saturated heterocycles. The number of carbonyl (C=O) groups is 2. The summed E-state index contributed by atoms with van der Waals surface area (Å²) < 4.78 is 0. The first-order valence-corrected chi connectivity index (χ1v) is 6.69. The van der Waals surface area contributed by atoms with Crippen LogP contribution in [0.5, 0.6) is 0 Å². The van der Waals surface area contributed by atoms with E-state index in [0.29, 0.717) is 0 Å². The number of rotatable bonds is 6. The summed E-state index contributed by atoms with van der Waals surface area (Å²) in [6.45, 7) is 1.89. The Bertz CT molecular complexity index is 480. The summed E-state index contributed by atoms with van der Waals surface area (Å²) in [6.07, 6.45) is 3.07. The molecule has 1 amide bonds. The normalized spacial score (nSPS) is 14.2. The molecule has 19 heavy (non-hydrogen) atoms. The second-order valence-electron chi connectivity index (χ2n) is 5.00. The minimum atomic E-state index is -0.942. The van der Waals surface area contributed by atoms with Gasteiger partial charge in [0.2, 0.25) is 5.91 Å². The molecule has 102 valence electrons. The molecule has 1 aliphatic rings. The van der Waals surface area contributed by atoms with Crippen molar-refractivity contribution in [2.24, 2.45) is 0 Å². The lowest BCUT2D eigenvalue weighted by Crippen LogP contribution is -2.38. The molecule has 1 fully saturated rings. The third kappa shape index (κ3) is 3.81. The fourth-order valence-corrected chi connectivity index (χ4v) is 2.19. The van der Waals surface area contributed by atoms with Crippen LogP contribution >= 0.6 is 0 Å². The average molecular weight is 261 g/mol. The number of aryl methyl sites for hydroxylation is 1. The highest BCUT2D eigenvalue weighted by Crippen LogP contribution is 2.27. The molecule has 2 rings (SSSR count). The summed E-state index contributed by atoms with van der Waals surface area (Å²) in [5.41, 5.74) is 2.15. The smallest absolute Gasteiger partial charge is 0.323 e. The SMILES string of the molecule is CCc1cccc(CC(=O)N(CC(=O)O)C2CC2)c1. The van der Waals surface area contributed by atoms with Crippen LogP contribution in [0.3, 0.4) is 0 Å². The van der Waals surface area contributed by atoms with E-state index in [1.165, 1.54) is 10.5 Å². The van der Waals surface area contributed by atoms with Gasteiger partial charge in [0.05, 0.1) is 6.42 Å². The first kappa shape index (κ1) is 13.6. The molecule has 1 aromatic rings. The first-order valence-electron chi connectivity index (χ1n) is 6.69. The van der Waals surface area contributed by atoms with Crippen LogP contribution in [0.1, 0.15) is 30.9 Å². The van der Waals surface area contributed by atoms with Gasteiger partial charge in [-0.1, -0.05) is 31.2 Å². The third-order valence-corrected chi connectivity index (χ3v) is 3.37. The van der Waals surface area contributed by atoms with E-state index in [1.807, 2.05) is 24.3 Å². The molecule has 0 aliphatic heterocycles. The summed E-state index contributed by atoms with van der Waals surface area (Å²) in [6, 6.07) is 8.05. The van der Waals surface area contributed by atoms with Crippen LogP contribution < -0.4 is 0 Å². The van der Waals surface area contributed by atoms with Crippen LogP contribution in [0.2, 0.25) is 0 Å². The Balaban J connectivity index is 2.03. The standard InChI is InChI=1S/C15H19NO3/c1-2-11-4-3-5-12(8-11)9-14(17)16(10-15(18)19)13-6-7-13/h3-5,8,13H,2,6-7,9-10H2,1H3,(H,18,19). The van der Waals surface area contributed by atoms with Crippen molar-refractivity contribution in [1.29, 1.82) is 0 Å². The molecule has 0 atom stereocenters. The Morgan fingerprint density at radius 3 is 2.58 bits per heavy atom. The fourth-order valence-electron chi connectivity index (χ4n) is 2.19. The molecular formula is C15H19NO3. The van der Waals surface area contributed by atoms with E-state index in [9.17, 15) is 9.59 Å². The molecule has 0 spiro atoms. The average Bonchev–Trinajstić information content (AvgIpc) is 3.20. The molecule has 0 aromatic heterocycles. The summed E-state index contributed by atoms with van der Waals surface area (Å²) in [5.74, 6) is -1.03. The van der Waals surface area contributed by atoms with E-state index in [2.05, 4.69) is 6.92 Å². The van der Waals surface area contributed by atoms with Gasteiger partial charge in [-0.15, -0.1) is 0 Å². The van der Waals surface area contributed by atoms with E-state index >= 15 is 0 Å². The van der Waals surface area contributed by atoms with Gasteiger partial charge in [0.15, 0.2) is 0 Å². The van der Waals surface area contributed by atoms with Crippen LogP contribution in [0.4, 0.5) is 0 Å². The van der Waals surface area contributed by atoms with Gasteiger partial charge in [-0.25, -0.2) is 0 Å². The number of aliphatic carboxylic acids is 1. The lowest BCUT2D eigenvalue weighted by atomic mass is 10.1. The molecule has 1 aliphatic carbocycles. The zero-order valence-corrected chi connectivity index (χ0v) is 11.1. The van der Waals surface area contributed by atoms with Gasteiger partial charge in [-0.05, 0) is 30.4 Å². The van der Waals surface area contributed by atoms with Crippen LogP contribution in [-0.4, -0.2) is 34.5 Å². The van der Waals surface area contributed by atoms with E-state index in [0.717, 1.165) is 24.8 Å². The number of carboxylic acids is 1. The minimum absolute atomic E-state index is 0.0850. The van der Waals surface area contributed by atoms with Gasteiger partial charge < -0.3 is 10.0 Å². The summed E-state index contributed by atoms with van der Waals surface area (Å²) in [4.78, 5) is 24.5. The monoisotopic (exact) mass is 261 g/mol. The van der Waals surface area contributed by atoms with Gasteiger partial charge in [0.25, 0.3) is 0 Å². The second kappa shape index (κ2) is 5.87. The largest absolute Gasteiger partial charge is 0.480 e. The quantitative estimate of drug-likeness (QED) is 0.850. The predicted octanol–water partition coefficient (Wildman–Crippen LogP) is 1.87. The Morgan fingerprint density at radius 1 is 1.32 bits per heavy atom. The molecule has 0 radical (unpaired) electrons. The zero-order valence-electron chi connectivity index (χ0n) is 11.1. The number of hydrogen-bond donors (Lipinski definition) is 1. The molecule has 4 heteroatoms. The lowest BCUT2D eigenvalue weighted by Gasteiger charge is -2.20. The maximum absolute atomic E-state index is 12.2. The Hall–Kier alpha value is -1.84. The van der Waals surface area contributed by atoms with Crippen LogP contribution in [0, 0.1) is 0 Å². The molecule has 4 nitrogen and oxygen atoms in total. The Labute approximate surface area is 113 Å². The number of amides is 1. The fraction of sp³-hybridized carbons (Fsp3) is 0.467. The van der Waals surface area contributed by atoms with Crippen molar-refractivity contribution < 1.29 is 14.7 Å². The molecular weight excluding hydrogens is 242 g/mol. The van der Waals surface area contributed by atoms with Crippen molar-refractivity contribution in [2.75, 3.05) is 6.54 Å². The topological polar surface area (TPSA) is 57.6 Å². The summed E-state index contributed by atoms with van der Waals surface area (Å²) in [7, 11) is 0. The zero-order chi connectivity index (χ0) is 13.8. The van der Waals surface area contributed by atoms with Crippen molar-refractivity contribution in [2.45, 2.75) is 38.6 Å². The molecule has 1 N–H and O–H groups in total. The number of carboxylic acid groups (broad SMARTS) is 1. The van der Waals surface area contributed by atoms with Gasteiger partial charge in [-0.3, -0.25) is 9.59 Å². The third-order valence-electron chi connectivity index (χ3n) is 3.37. The van der Waals surface area contributed by atoms with Crippen molar-refractivity contribution in [1.82, 2.24) is 4.90 Å². The summed E-state index contributed by atoms with van der Waals surface area (Å²) >= 11 is 0. The number of nitrogens with zero attached hydrogens (tertiary/aromatic N) is 1. The van der Waals surface area contributed by atoms with Crippen molar-refractivity contribution in [3.8, 4) is 0 Å². The second-order valence-corrected chi connectivity index (χ2v) is 5.00. The van der Waals surface area contributed by atoms with E-state index < -0.39 is 5.97 Å². The molecule has 0 bridgehead atoms. The lowest BCUT2D eigenvalue weighted by molar-refractivity contribution is -0.144.